The standard InChI is InChI=1S/C13H13ClN2O2S/c14-10-3-1-9(2-4-10)7-16-11(17)13(15-12(16)18)5-6-19-8-13/h1-4H,5-8H2,(H,15,18)/t13-/m0/s1. The predicted octanol–water partition coefficient (Wildman–Crippen LogP) is 2.27. The topological polar surface area (TPSA) is 49.4 Å². The smallest absolute Gasteiger partial charge is 0.322 e. The van der Waals surface area contributed by atoms with Crippen molar-refractivity contribution in [1.29, 1.82) is 0 Å². The molecule has 0 aromatic heterocycles. The van der Waals surface area contributed by atoms with Crippen LogP contribution in [0.25, 0.3) is 0 Å². The van der Waals surface area contributed by atoms with Gasteiger partial charge in [0.1, 0.15) is 5.54 Å². The summed E-state index contributed by atoms with van der Waals surface area (Å²) >= 11 is 7.53. The summed E-state index contributed by atoms with van der Waals surface area (Å²) in [6, 6.07) is 6.89. The summed E-state index contributed by atoms with van der Waals surface area (Å²) in [5.41, 5.74) is 0.240. The largest absolute Gasteiger partial charge is 0.325 e. The van der Waals surface area contributed by atoms with E-state index in [1.807, 2.05) is 12.1 Å². The number of imide groups is 1. The molecule has 0 aliphatic carbocycles. The van der Waals surface area contributed by atoms with E-state index >= 15 is 0 Å². The molecule has 2 fully saturated rings. The van der Waals surface area contributed by atoms with Crippen molar-refractivity contribution < 1.29 is 9.59 Å². The Morgan fingerprint density at radius 3 is 2.68 bits per heavy atom. The molecule has 0 unspecified atom stereocenters. The van der Waals surface area contributed by atoms with Crippen LogP contribution in [-0.2, 0) is 11.3 Å². The van der Waals surface area contributed by atoms with Gasteiger partial charge in [0.15, 0.2) is 0 Å². The lowest BCUT2D eigenvalue weighted by atomic mass is 9.99. The van der Waals surface area contributed by atoms with Crippen LogP contribution in [0.1, 0.15) is 12.0 Å². The van der Waals surface area contributed by atoms with E-state index in [1.165, 1.54) is 4.90 Å². The molecule has 2 saturated heterocycles. The highest BCUT2D eigenvalue weighted by molar-refractivity contribution is 7.99. The van der Waals surface area contributed by atoms with Gasteiger partial charge >= 0.3 is 6.03 Å². The summed E-state index contributed by atoms with van der Waals surface area (Å²) in [4.78, 5) is 25.7. The molecule has 1 aromatic carbocycles. The Bertz CT molecular complexity index is 526. The number of carbonyl (C=O) groups excluding carboxylic acids is 2. The van der Waals surface area contributed by atoms with E-state index in [1.54, 1.807) is 23.9 Å². The highest BCUT2D eigenvalue weighted by Crippen LogP contribution is 2.33. The zero-order chi connectivity index (χ0) is 13.5. The number of carbonyl (C=O) groups is 2. The van der Waals surface area contributed by atoms with Crippen LogP contribution >= 0.6 is 23.4 Å². The number of amides is 3. The molecule has 2 aliphatic heterocycles. The summed E-state index contributed by atoms with van der Waals surface area (Å²) in [5.74, 6) is 1.49. The third-order valence-corrected chi connectivity index (χ3v) is 4.96. The summed E-state index contributed by atoms with van der Waals surface area (Å²) in [6.45, 7) is 0.300. The molecule has 0 bridgehead atoms. The van der Waals surface area contributed by atoms with Crippen LogP contribution in [0.3, 0.4) is 0 Å². The van der Waals surface area contributed by atoms with Gasteiger partial charge in [-0.15, -0.1) is 0 Å². The first-order chi connectivity index (χ1) is 9.11. The summed E-state index contributed by atoms with van der Waals surface area (Å²) in [6.07, 6.45) is 0.722. The summed E-state index contributed by atoms with van der Waals surface area (Å²) in [7, 11) is 0. The lowest BCUT2D eigenvalue weighted by molar-refractivity contribution is -0.130. The molecule has 1 N–H and O–H groups in total. The number of nitrogens with zero attached hydrogens (tertiary/aromatic N) is 1. The van der Waals surface area contributed by atoms with Crippen LogP contribution in [0.5, 0.6) is 0 Å². The average Bonchev–Trinajstić information content (AvgIpc) is 2.94. The molecular formula is C13H13ClN2O2S. The fraction of sp³-hybridized carbons (Fsp3) is 0.385. The Morgan fingerprint density at radius 2 is 2.05 bits per heavy atom. The normalized spacial score (nSPS) is 26.3. The first kappa shape index (κ1) is 12.8. The van der Waals surface area contributed by atoms with Gasteiger partial charge < -0.3 is 5.32 Å². The van der Waals surface area contributed by atoms with Crippen molar-refractivity contribution in [2.75, 3.05) is 11.5 Å². The van der Waals surface area contributed by atoms with E-state index in [-0.39, 0.29) is 11.9 Å². The summed E-state index contributed by atoms with van der Waals surface area (Å²) in [5, 5.41) is 3.49. The van der Waals surface area contributed by atoms with Gasteiger partial charge in [0.05, 0.1) is 6.54 Å². The maximum absolute atomic E-state index is 12.4. The van der Waals surface area contributed by atoms with Crippen LogP contribution < -0.4 is 5.32 Å². The Kier molecular flexibility index (Phi) is 3.19. The molecule has 0 radical (unpaired) electrons. The molecular weight excluding hydrogens is 284 g/mol. The van der Waals surface area contributed by atoms with Gasteiger partial charge in [0, 0.05) is 10.8 Å². The number of thioether (sulfide) groups is 1. The zero-order valence-corrected chi connectivity index (χ0v) is 11.8. The Hall–Kier alpha value is -1.20. The molecule has 2 aliphatic rings. The van der Waals surface area contributed by atoms with Gasteiger partial charge in [-0.1, -0.05) is 23.7 Å². The molecule has 1 aromatic rings. The number of rotatable bonds is 2. The molecule has 1 atom stereocenters. The SMILES string of the molecule is O=C1N[C@]2(CCSC2)C(=O)N1Cc1ccc(Cl)cc1. The van der Waals surface area contributed by atoms with Gasteiger partial charge in [-0.25, -0.2) is 4.79 Å². The van der Waals surface area contributed by atoms with Gasteiger partial charge in [-0.2, -0.15) is 11.8 Å². The van der Waals surface area contributed by atoms with Crippen molar-refractivity contribution in [3.8, 4) is 0 Å². The third-order valence-electron chi connectivity index (χ3n) is 3.52. The second-order valence-electron chi connectivity index (χ2n) is 4.83. The highest BCUT2D eigenvalue weighted by atomic mass is 35.5. The van der Waals surface area contributed by atoms with Crippen molar-refractivity contribution in [1.82, 2.24) is 10.2 Å². The van der Waals surface area contributed by atoms with Crippen LogP contribution in [-0.4, -0.2) is 33.9 Å². The van der Waals surface area contributed by atoms with Gasteiger partial charge in [-0.3, -0.25) is 9.69 Å². The van der Waals surface area contributed by atoms with Gasteiger partial charge in [0.2, 0.25) is 0 Å². The zero-order valence-electron chi connectivity index (χ0n) is 10.2. The number of urea groups is 1. The lowest BCUT2D eigenvalue weighted by Gasteiger charge is -2.19. The number of nitrogens with one attached hydrogen (secondary N) is 1. The van der Waals surface area contributed by atoms with E-state index in [0.29, 0.717) is 17.3 Å². The average molecular weight is 297 g/mol. The van der Waals surface area contributed by atoms with Crippen LogP contribution in [0.15, 0.2) is 24.3 Å². The first-order valence-corrected chi connectivity index (χ1v) is 7.60. The highest BCUT2D eigenvalue weighted by Gasteiger charge is 2.52. The summed E-state index contributed by atoms with van der Waals surface area (Å²) < 4.78 is 0. The molecule has 4 nitrogen and oxygen atoms in total. The molecule has 0 saturated carbocycles. The second kappa shape index (κ2) is 4.72. The molecule has 19 heavy (non-hydrogen) atoms. The molecule has 6 heteroatoms. The molecule has 100 valence electrons. The minimum Gasteiger partial charge on any atom is -0.322 e. The van der Waals surface area contributed by atoms with E-state index in [4.69, 9.17) is 11.6 Å². The molecule has 3 amide bonds. The van der Waals surface area contributed by atoms with Crippen molar-refractivity contribution in [3.05, 3.63) is 34.9 Å². The number of hydrogen-bond acceptors (Lipinski definition) is 3. The lowest BCUT2D eigenvalue weighted by Crippen LogP contribution is -2.46. The van der Waals surface area contributed by atoms with Gasteiger partial charge in [0.25, 0.3) is 5.91 Å². The minimum absolute atomic E-state index is 0.0996. The number of halogens is 1. The van der Waals surface area contributed by atoms with Crippen molar-refractivity contribution in [3.63, 3.8) is 0 Å². The Balaban J connectivity index is 1.79. The minimum atomic E-state index is -0.659. The van der Waals surface area contributed by atoms with E-state index < -0.39 is 5.54 Å². The number of benzene rings is 1. The monoisotopic (exact) mass is 296 g/mol. The van der Waals surface area contributed by atoms with Crippen LogP contribution in [0.2, 0.25) is 5.02 Å². The van der Waals surface area contributed by atoms with Crippen LogP contribution in [0.4, 0.5) is 4.79 Å². The predicted molar refractivity (Wildman–Crippen MR) is 75.2 cm³/mol. The van der Waals surface area contributed by atoms with Gasteiger partial charge in [-0.05, 0) is 29.9 Å². The van der Waals surface area contributed by atoms with E-state index in [9.17, 15) is 9.59 Å². The quantitative estimate of drug-likeness (QED) is 0.852. The van der Waals surface area contributed by atoms with E-state index in [2.05, 4.69) is 5.32 Å². The van der Waals surface area contributed by atoms with E-state index in [0.717, 1.165) is 17.7 Å². The maximum Gasteiger partial charge on any atom is 0.325 e. The maximum atomic E-state index is 12.4. The molecule has 3 rings (SSSR count). The Morgan fingerprint density at radius 1 is 1.32 bits per heavy atom. The first-order valence-electron chi connectivity index (χ1n) is 6.07. The third kappa shape index (κ3) is 2.21. The Labute approximate surface area is 120 Å². The molecule has 2 heterocycles. The van der Waals surface area contributed by atoms with Crippen molar-refractivity contribution >= 4 is 35.3 Å². The molecule has 1 spiro atoms. The number of hydrogen-bond donors (Lipinski definition) is 1. The van der Waals surface area contributed by atoms with Crippen molar-refractivity contribution in [2.24, 2.45) is 0 Å². The fourth-order valence-corrected chi connectivity index (χ4v) is 3.88. The van der Waals surface area contributed by atoms with Crippen LogP contribution in [0, 0.1) is 0 Å². The second-order valence-corrected chi connectivity index (χ2v) is 6.37. The van der Waals surface area contributed by atoms with Crippen molar-refractivity contribution in [2.45, 2.75) is 18.5 Å². The fourth-order valence-electron chi connectivity index (χ4n) is 2.42.